The molecule has 1 N–H and O–H groups in total. The van der Waals surface area contributed by atoms with Crippen LogP contribution in [0.3, 0.4) is 0 Å². The molecule has 0 spiro atoms. The van der Waals surface area contributed by atoms with E-state index < -0.39 is 0 Å². The smallest absolute Gasteiger partial charge is 0.0534 e. The van der Waals surface area contributed by atoms with E-state index >= 15 is 0 Å². The molecule has 1 aromatic heterocycles. The molecule has 0 aliphatic heterocycles. The van der Waals surface area contributed by atoms with Gasteiger partial charge in [0.15, 0.2) is 0 Å². The van der Waals surface area contributed by atoms with E-state index in [2.05, 4.69) is 30.1 Å². The van der Waals surface area contributed by atoms with Crippen molar-refractivity contribution in [3.63, 3.8) is 0 Å². The van der Waals surface area contributed by atoms with Crippen molar-refractivity contribution in [2.45, 2.75) is 32.9 Å². The van der Waals surface area contributed by atoms with Crippen LogP contribution >= 0.6 is 0 Å². The molecule has 0 atom stereocenters. The summed E-state index contributed by atoms with van der Waals surface area (Å²) in [5.74, 6) is 0. The summed E-state index contributed by atoms with van der Waals surface area (Å²) in [6.45, 7) is 8.73. The fraction of sp³-hybridized carbons (Fsp3) is 0.545. The van der Waals surface area contributed by atoms with Gasteiger partial charge in [0.2, 0.25) is 0 Å². The number of hydrogen-bond acceptors (Lipinski definition) is 2. The predicted molar refractivity (Wildman–Crippen MR) is 59.0 cm³/mol. The number of nitrogens with one attached hydrogen (secondary N) is 1. The number of nitrogens with zero attached hydrogens (tertiary/aromatic N) is 2. The second kappa shape index (κ2) is 6.38. The molecule has 0 fully saturated rings. The molecule has 3 nitrogen and oxygen atoms in total. The van der Waals surface area contributed by atoms with Gasteiger partial charge in [-0.3, -0.25) is 4.68 Å². The first-order chi connectivity index (χ1) is 6.86. The number of aryl methyl sites for hydroxylation is 1. The van der Waals surface area contributed by atoms with Crippen molar-refractivity contribution >= 4 is 0 Å². The average molecular weight is 193 g/mol. The quantitative estimate of drug-likeness (QED) is 0.530. The lowest BCUT2D eigenvalue weighted by Crippen LogP contribution is -2.13. The Balaban J connectivity index is 2.25. The highest BCUT2D eigenvalue weighted by Crippen LogP contribution is 1.98. The number of aromatic nitrogens is 2. The van der Waals surface area contributed by atoms with Crippen LogP contribution in [0.2, 0.25) is 0 Å². The Labute approximate surface area is 85.8 Å². The van der Waals surface area contributed by atoms with Crippen LogP contribution in [0.15, 0.2) is 25.0 Å². The molecule has 3 heteroatoms. The standard InChI is InChI=1S/C11H19N3/c1-3-5-6-12-8-11-9-13-14(10-11)7-4-2/h3,9-10,12H,1,4-8H2,2H3. The molecule has 0 aliphatic rings. The maximum absolute atomic E-state index is 4.26. The molecule has 0 amide bonds. The summed E-state index contributed by atoms with van der Waals surface area (Å²) in [4.78, 5) is 0. The van der Waals surface area contributed by atoms with E-state index in [1.54, 1.807) is 0 Å². The van der Waals surface area contributed by atoms with E-state index in [1.165, 1.54) is 5.56 Å². The van der Waals surface area contributed by atoms with Crippen molar-refractivity contribution in [3.05, 3.63) is 30.6 Å². The molecule has 78 valence electrons. The molecule has 0 aromatic carbocycles. The lowest BCUT2D eigenvalue weighted by molar-refractivity contribution is 0.601. The zero-order chi connectivity index (χ0) is 10.2. The predicted octanol–water partition coefficient (Wildman–Crippen LogP) is 1.96. The zero-order valence-electron chi connectivity index (χ0n) is 8.87. The largest absolute Gasteiger partial charge is 0.312 e. The van der Waals surface area contributed by atoms with Crippen molar-refractivity contribution in [1.29, 1.82) is 0 Å². The Kier molecular flexibility index (Phi) is 5.00. The minimum Gasteiger partial charge on any atom is -0.312 e. The zero-order valence-corrected chi connectivity index (χ0v) is 8.87. The average Bonchev–Trinajstić information content (AvgIpc) is 2.61. The van der Waals surface area contributed by atoms with Gasteiger partial charge in [0.1, 0.15) is 0 Å². The van der Waals surface area contributed by atoms with E-state index in [0.29, 0.717) is 0 Å². The maximum atomic E-state index is 4.26. The molecule has 1 aromatic rings. The van der Waals surface area contributed by atoms with Gasteiger partial charge < -0.3 is 5.32 Å². The third-order valence-corrected chi connectivity index (χ3v) is 1.99. The molecule has 0 bridgehead atoms. The van der Waals surface area contributed by atoms with Gasteiger partial charge in [-0.2, -0.15) is 5.10 Å². The van der Waals surface area contributed by atoms with Gasteiger partial charge in [-0.05, 0) is 19.4 Å². The van der Waals surface area contributed by atoms with Gasteiger partial charge >= 0.3 is 0 Å². The van der Waals surface area contributed by atoms with Crippen molar-refractivity contribution in [1.82, 2.24) is 15.1 Å². The molecular formula is C11H19N3. The van der Waals surface area contributed by atoms with Crippen LogP contribution in [0.5, 0.6) is 0 Å². The third kappa shape index (κ3) is 3.75. The Bertz CT molecular complexity index is 265. The Hall–Kier alpha value is -1.09. The summed E-state index contributed by atoms with van der Waals surface area (Å²) in [6, 6.07) is 0. The highest BCUT2D eigenvalue weighted by Gasteiger charge is 1.96. The van der Waals surface area contributed by atoms with Crippen molar-refractivity contribution in [2.24, 2.45) is 0 Å². The van der Waals surface area contributed by atoms with Crippen LogP contribution in [0.1, 0.15) is 25.3 Å². The van der Waals surface area contributed by atoms with Gasteiger partial charge in [-0.25, -0.2) is 0 Å². The maximum Gasteiger partial charge on any atom is 0.0534 e. The van der Waals surface area contributed by atoms with Crippen LogP contribution in [0.25, 0.3) is 0 Å². The van der Waals surface area contributed by atoms with Gasteiger partial charge in [0.05, 0.1) is 6.20 Å². The van der Waals surface area contributed by atoms with Crippen LogP contribution in [-0.2, 0) is 13.1 Å². The van der Waals surface area contributed by atoms with E-state index in [-0.39, 0.29) is 0 Å². The normalized spacial score (nSPS) is 10.4. The lowest BCUT2D eigenvalue weighted by Gasteiger charge is -1.99. The number of rotatable bonds is 7. The van der Waals surface area contributed by atoms with Gasteiger partial charge in [-0.15, -0.1) is 6.58 Å². The third-order valence-electron chi connectivity index (χ3n) is 1.99. The fourth-order valence-corrected chi connectivity index (χ4v) is 1.29. The number of hydrogen-bond donors (Lipinski definition) is 1. The minimum atomic E-state index is 0.900. The highest BCUT2D eigenvalue weighted by atomic mass is 15.3. The van der Waals surface area contributed by atoms with Gasteiger partial charge in [-0.1, -0.05) is 13.0 Å². The second-order valence-corrected chi connectivity index (χ2v) is 3.37. The van der Waals surface area contributed by atoms with E-state index in [4.69, 9.17) is 0 Å². The first-order valence-corrected chi connectivity index (χ1v) is 5.19. The summed E-state index contributed by atoms with van der Waals surface area (Å²) in [5, 5.41) is 7.59. The summed E-state index contributed by atoms with van der Waals surface area (Å²) >= 11 is 0. The molecular weight excluding hydrogens is 174 g/mol. The molecule has 1 heterocycles. The molecule has 1 rings (SSSR count). The Morgan fingerprint density at radius 1 is 1.64 bits per heavy atom. The summed E-state index contributed by atoms with van der Waals surface area (Å²) in [6.07, 6.45) is 8.10. The SMILES string of the molecule is C=CCCNCc1cnn(CCC)c1. The van der Waals surface area contributed by atoms with Gasteiger partial charge in [0.25, 0.3) is 0 Å². The lowest BCUT2D eigenvalue weighted by atomic mass is 10.3. The van der Waals surface area contributed by atoms with Crippen molar-refractivity contribution in [2.75, 3.05) is 6.54 Å². The van der Waals surface area contributed by atoms with Gasteiger partial charge in [0, 0.05) is 24.8 Å². The van der Waals surface area contributed by atoms with Crippen molar-refractivity contribution < 1.29 is 0 Å². The van der Waals surface area contributed by atoms with E-state index in [1.807, 2.05) is 17.0 Å². The first-order valence-electron chi connectivity index (χ1n) is 5.19. The second-order valence-electron chi connectivity index (χ2n) is 3.37. The van der Waals surface area contributed by atoms with Crippen molar-refractivity contribution in [3.8, 4) is 0 Å². The van der Waals surface area contributed by atoms with Crippen LogP contribution < -0.4 is 5.32 Å². The Morgan fingerprint density at radius 2 is 2.50 bits per heavy atom. The van der Waals surface area contributed by atoms with Crippen LogP contribution in [0.4, 0.5) is 0 Å². The van der Waals surface area contributed by atoms with Crippen LogP contribution in [0, 0.1) is 0 Å². The molecule has 0 unspecified atom stereocenters. The van der Waals surface area contributed by atoms with E-state index in [0.717, 1.165) is 32.5 Å². The van der Waals surface area contributed by atoms with Crippen LogP contribution in [-0.4, -0.2) is 16.3 Å². The monoisotopic (exact) mass is 193 g/mol. The first kappa shape index (κ1) is 11.0. The molecule has 0 saturated carbocycles. The topological polar surface area (TPSA) is 29.9 Å². The summed E-state index contributed by atoms with van der Waals surface area (Å²) in [5.41, 5.74) is 1.25. The minimum absolute atomic E-state index is 0.900. The molecule has 0 saturated heterocycles. The summed E-state index contributed by atoms with van der Waals surface area (Å²) < 4.78 is 1.99. The molecule has 14 heavy (non-hydrogen) atoms. The fourth-order valence-electron chi connectivity index (χ4n) is 1.29. The highest BCUT2D eigenvalue weighted by molar-refractivity contribution is 5.03. The summed E-state index contributed by atoms with van der Waals surface area (Å²) in [7, 11) is 0. The molecule has 0 aliphatic carbocycles. The molecule has 0 radical (unpaired) electrons. The van der Waals surface area contributed by atoms with E-state index in [9.17, 15) is 0 Å². The Morgan fingerprint density at radius 3 is 3.21 bits per heavy atom.